The van der Waals surface area contributed by atoms with Crippen LogP contribution >= 0.6 is 0 Å². The SMILES string of the molecule is [2H]C(c1ccccn1)c1ccccc1/C=N\O. The number of rotatable bonds is 3. The van der Waals surface area contributed by atoms with Crippen LogP contribution < -0.4 is 0 Å². The summed E-state index contributed by atoms with van der Waals surface area (Å²) in [5, 5.41) is 11.6. The number of aromatic nitrogens is 1. The van der Waals surface area contributed by atoms with Crippen LogP contribution in [0.3, 0.4) is 0 Å². The smallest absolute Gasteiger partial charge is 0.0736 e. The quantitative estimate of drug-likeness (QED) is 0.483. The molecule has 1 aromatic heterocycles. The molecule has 0 aliphatic heterocycles. The summed E-state index contributed by atoms with van der Waals surface area (Å²) in [6.07, 6.45) is 2.42. The average Bonchev–Trinajstić information content (AvgIpc) is 2.40. The molecule has 0 saturated carbocycles. The molecule has 0 fully saturated rings. The van der Waals surface area contributed by atoms with E-state index in [2.05, 4.69) is 10.1 Å². The van der Waals surface area contributed by atoms with E-state index in [0.717, 1.165) is 11.1 Å². The van der Waals surface area contributed by atoms with Crippen molar-refractivity contribution in [1.29, 1.82) is 0 Å². The van der Waals surface area contributed by atoms with Crippen molar-refractivity contribution >= 4 is 6.21 Å². The van der Waals surface area contributed by atoms with Crippen LogP contribution in [0.2, 0.25) is 0 Å². The number of hydrogen-bond acceptors (Lipinski definition) is 3. The van der Waals surface area contributed by atoms with Gasteiger partial charge in [-0.3, -0.25) is 4.98 Å². The maximum Gasteiger partial charge on any atom is 0.0736 e. The minimum absolute atomic E-state index is 0.578. The van der Waals surface area contributed by atoms with Gasteiger partial charge in [-0.25, -0.2) is 0 Å². The summed E-state index contributed by atoms with van der Waals surface area (Å²) in [5.41, 5.74) is 2.16. The summed E-state index contributed by atoms with van der Waals surface area (Å²) in [5.74, 6) is 0. The van der Waals surface area contributed by atoms with Crippen molar-refractivity contribution in [3.05, 3.63) is 65.5 Å². The molecule has 0 aliphatic rings. The molecule has 1 atom stereocenters. The molecule has 2 rings (SSSR count). The van der Waals surface area contributed by atoms with E-state index in [1.807, 2.05) is 36.4 Å². The lowest BCUT2D eigenvalue weighted by atomic mass is 10.0. The summed E-state index contributed by atoms with van der Waals surface area (Å²) in [7, 11) is 0. The number of oxime groups is 1. The van der Waals surface area contributed by atoms with E-state index in [-0.39, 0.29) is 0 Å². The minimum atomic E-state index is -0.578. The lowest BCUT2D eigenvalue weighted by molar-refractivity contribution is 0.322. The van der Waals surface area contributed by atoms with Gasteiger partial charge in [-0.2, -0.15) is 0 Å². The van der Waals surface area contributed by atoms with Gasteiger partial charge in [0.1, 0.15) is 0 Å². The third kappa shape index (κ3) is 2.45. The standard InChI is InChI=1S/C13H12N2O/c16-15-10-12-6-2-1-5-11(12)9-13-7-3-4-8-14-13/h1-8,10,16H,9H2/b15-10-/i9D. The highest BCUT2D eigenvalue weighted by Crippen LogP contribution is 2.11. The summed E-state index contributed by atoms with van der Waals surface area (Å²) < 4.78 is 8.17. The van der Waals surface area contributed by atoms with Crippen molar-refractivity contribution in [2.45, 2.75) is 6.40 Å². The Hall–Kier alpha value is -2.16. The lowest BCUT2D eigenvalue weighted by Gasteiger charge is -2.04. The van der Waals surface area contributed by atoms with Gasteiger partial charge in [0.25, 0.3) is 0 Å². The molecule has 1 unspecified atom stereocenters. The monoisotopic (exact) mass is 213 g/mol. The van der Waals surface area contributed by atoms with Crippen molar-refractivity contribution in [1.82, 2.24) is 4.98 Å². The molecule has 3 nitrogen and oxygen atoms in total. The molecule has 0 bridgehead atoms. The number of pyridine rings is 1. The van der Waals surface area contributed by atoms with Crippen LogP contribution in [-0.4, -0.2) is 16.4 Å². The van der Waals surface area contributed by atoms with Crippen LogP contribution in [0.25, 0.3) is 0 Å². The highest BCUT2D eigenvalue weighted by Gasteiger charge is 2.01. The van der Waals surface area contributed by atoms with Crippen LogP contribution in [0.15, 0.2) is 53.8 Å². The second-order valence-electron chi connectivity index (χ2n) is 3.27. The Labute approximate surface area is 95.5 Å². The van der Waals surface area contributed by atoms with E-state index >= 15 is 0 Å². The van der Waals surface area contributed by atoms with Crippen molar-refractivity contribution in [3.63, 3.8) is 0 Å². The Kier molecular flexibility index (Phi) is 2.88. The molecule has 0 spiro atoms. The second kappa shape index (κ2) is 5.07. The summed E-state index contributed by atoms with van der Waals surface area (Å²) in [4.78, 5) is 4.16. The molecular formula is C13H12N2O. The Morgan fingerprint density at radius 3 is 2.81 bits per heavy atom. The van der Waals surface area contributed by atoms with Crippen LogP contribution in [0.4, 0.5) is 0 Å². The largest absolute Gasteiger partial charge is 0.411 e. The maximum atomic E-state index is 8.59. The van der Waals surface area contributed by atoms with Crippen LogP contribution in [0, 0.1) is 0 Å². The van der Waals surface area contributed by atoms with Crippen LogP contribution in [0.1, 0.15) is 18.2 Å². The van der Waals surface area contributed by atoms with E-state index in [9.17, 15) is 0 Å². The Balaban J connectivity index is 2.40. The van der Waals surface area contributed by atoms with Gasteiger partial charge in [0, 0.05) is 19.7 Å². The summed E-state index contributed by atoms with van der Waals surface area (Å²) in [6.45, 7) is 0. The zero-order valence-corrected chi connectivity index (χ0v) is 8.62. The summed E-state index contributed by atoms with van der Waals surface area (Å²) >= 11 is 0. The van der Waals surface area contributed by atoms with Crippen molar-refractivity contribution in [2.75, 3.05) is 0 Å². The maximum absolute atomic E-state index is 8.59. The van der Waals surface area contributed by atoms with Gasteiger partial charge in [-0.1, -0.05) is 35.5 Å². The fourth-order valence-electron chi connectivity index (χ4n) is 1.44. The molecule has 0 saturated heterocycles. The molecule has 0 aliphatic carbocycles. The molecule has 1 aromatic carbocycles. The number of benzene rings is 1. The van der Waals surface area contributed by atoms with Gasteiger partial charge < -0.3 is 5.21 Å². The molecule has 1 heterocycles. The fraction of sp³-hybridized carbons (Fsp3) is 0.0769. The predicted molar refractivity (Wildman–Crippen MR) is 62.9 cm³/mol. The van der Waals surface area contributed by atoms with E-state index in [1.54, 1.807) is 12.3 Å². The molecule has 2 aromatic rings. The molecule has 0 amide bonds. The van der Waals surface area contributed by atoms with Crippen LogP contribution in [-0.2, 0) is 6.40 Å². The topological polar surface area (TPSA) is 45.5 Å². The third-order valence-corrected chi connectivity index (χ3v) is 2.18. The molecular weight excluding hydrogens is 200 g/mol. The van der Waals surface area contributed by atoms with Crippen molar-refractivity contribution in [2.24, 2.45) is 5.16 Å². The zero-order chi connectivity index (χ0) is 12.1. The molecule has 16 heavy (non-hydrogen) atoms. The van der Waals surface area contributed by atoms with Gasteiger partial charge in [0.15, 0.2) is 0 Å². The first-order valence-corrected chi connectivity index (χ1v) is 4.92. The van der Waals surface area contributed by atoms with Gasteiger partial charge in [0.2, 0.25) is 0 Å². The van der Waals surface area contributed by atoms with E-state index in [0.29, 0.717) is 5.69 Å². The first kappa shape index (κ1) is 9.09. The highest BCUT2D eigenvalue weighted by molar-refractivity contribution is 5.81. The van der Waals surface area contributed by atoms with Gasteiger partial charge in [0.05, 0.1) is 6.21 Å². The van der Waals surface area contributed by atoms with Crippen molar-refractivity contribution < 1.29 is 6.58 Å². The van der Waals surface area contributed by atoms with Crippen LogP contribution in [0.5, 0.6) is 0 Å². The van der Waals surface area contributed by atoms with Gasteiger partial charge >= 0.3 is 0 Å². The highest BCUT2D eigenvalue weighted by atomic mass is 16.4. The van der Waals surface area contributed by atoms with E-state index in [1.165, 1.54) is 6.21 Å². The normalized spacial score (nSPS) is 13.6. The number of hydrogen-bond donors (Lipinski definition) is 1. The fourth-order valence-corrected chi connectivity index (χ4v) is 1.44. The first-order chi connectivity index (χ1) is 8.33. The van der Waals surface area contributed by atoms with E-state index in [4.69, 9.17) is 6.58 Å². The Morgan fingerprint density at radius 1 is 1.25 bits per heavy atom. The molecule has 0 radical (unpaired) electrons. The first-order valence-electron chi connectivity index (χ1n) is 5.50. The molecule has 1 N–H and O–H groups in total. The molecule has 3 heteroatoms. The van der Waals surface area contributed by atoms with Gasteiger partial charge in [-0.15, -0.1) is 0 Å². The average molecular weight is 213 g/mol. The lowest BCUT2D eigenvalue weighted by Crippen LogP contribution is -1.96. The van der Waals surface area contributed by atoms with E-state index < -0.39 is 6.40 Å². The zero-order valence-electron chi connectivity index (χ0n) is 9.62. The van der Waals surface area contributed by atoms with Crippen molar-refractivity contribution in [3.8, 4) is 0 Å². The second-order valence-corrected chi connectivity index (χ2v) is 3.27. The third-order valence-electron chi connectivity index (χ3n) is 2.18. The van der Waals surface area contributed by atoms with Gasteiger partial charge in [-0.05, 0) is 23.3 Å². The molecule has 80 valence electrons. The summed E-state index contributed by atoms with van der Waals surface area (Å²) in [6, 6.07) is 12.8. The predicted octanol–water partition coefficient (Wildman–Crippen LogP) is 2.48. The number of nitrogens with zero attached hydrogens (tertiary/aromatic N) is 2. The Bertz CT molecular complexity index is 514. The Morgan fingerprint density at radius 2 is 2.06 bits per heavy atom. The minimum Gasteiger partial charge on any atom is -0.411 e.